The molecular formula is C15H18BrN3O2. The van der Waals surface area contributed by atoms with Crippen LogP contribution >= 0.6 is 15.9 Å². The third-order valence-electron chi connectivity index (χ3n) is 4.02. The van der Waals surface area contributed by atoms with Crippen LogP contribution in [0.15, 0.2) is 28.7 Å². The molecule has 2 unspecified atom stereocenters. The minimum absolute atomic E-state index is 0.00505. The number of nitrogens with zero attached hydrogens (tertiary/aromatic N) is 1. The van der Waals surface area contributed by atoms with Crippen molar-refractivity contribution in [1.82, 2.24) is 10.6 Å². The second-order valence-corrected chi connectivity index (χ2v) is 6.50. The quantitative estimate of drug-likeness (QED) is 0.862. The summed E-state index contributed by atoms with van der Waals surface area (Å²) in [6, 6.07) is 7.81. The van der Waals surface area contributed by atoms with E-state index in [1.165, 1.54) is 0 Å². The van der Waals surface area contributed by atoms with Crippen molar-refractivity contribution in [2.75, 3.05) is 24.5 Å². The minimum atomic E-state index is -0.253. The summed E-state index contributed by atoms with van der Waals surface area (Å²) < 4.78 is 0.928. The molecule has 2 aliphatic rings. The van der Waals surface area contributed by atoms with E-state index in [1.807, 2.05) is 24.3 Å². The van der Waals surface area contributed by atoms with Crippen LogP contribution in [0.1, 0.15) is 12.8 Å². The van der Waals surface area contributed by atoms with Crippen LogP contribution in [0.2, 0.25) is 0 Å². The molecule has 0 spiro atoms. The smallest absolute Gasteiger partial charge is 0.227 e. The van der Waals surface area contributed by atoms with Gasteiger partial charge in [-0.3, -0.25) is 9.59 Å². The number of benzene rings is 1. The Morgan fingerprint density at radius 3 is 3.00 bits per heavy atom. The second kappa shape index (κ2) is 6.15. The third kappa shape index (κ3) is 3.27. The van der Waals surface area contributed by atoms with Gasteiger partial charge in [-0.1, -0.05) is 22.0 Å². The zero-order valence-electron chi connectivity index (χ0n) is 11.6. The van der Waals surface area contributed by atoms with E-state index in [1.54, 1.807) is 4.90 Å². The van der Waals surface area contributed by atoms with Gasteiger partial charge in [0.1, 0.15) is 0 Å². The van der Waals surface area contributed by atoms with E-state index in [2.05, 4.69) is 26.6 Å². The molecule has 1 aromatic rings. The lowest BCUT2D eigenvalue weighted by Gasteiger charge is -2.18. The lowest BCUT2D eigenvalue weighted by atomic mass is 10.1. The van der Waals surface area contributed by atoms with Gasteiger partial charge in [-0.05, 0) is 31.2 Å². The maximum Gasteiger partial charge on any atom is 0.227 e. The molecule has 2 fully saturated rings. The summed E-state index contributed by atoms with van der Waals surface area (Å²) in [5, 5.41) is 6.26. The Bertz CT molecular complexity index is 558. The summed E-state index contributed by atoms with van der Waals surface area (Å²) in [7, 11) is 0. The largest absolute Gasteiger partial charge is 0.352 e. The highest BCUT2D eigenvalue weighted by Gasteiger charge is 2.36. The predicted molar refractivity (Wildman–Crippen MR) is 84.0 cm³/mol. The van der Waals surface area contributed by atoms with Crippen LogP contribution in [0.25, 0.3) is 0 Å². The molecule has 2 aliphatic heterocycles. The third-order valence-corrected chi connectivity index (χ3v) is 4.52. The number of hydrogen-bond acceptors (Lipinski definition) is 3. The standard InChI is InChI=1S/C15H18BrN3O2/c16-11-2-1-3-13(7-11)19-9-10(6-14(19)20)15(21)18-12-4-5-17-8-12/h1-3,7,10,12,17H,4-6,8-9H2,(H,18,21). The second-order valence-electron chi connectivity index (χ2n) is 5.58. The summed E-state index contributed by atoms with van der Waals surface area (Å²) in [6.07, 6.45) is 1.25. The van der Waals surface area contributed by atoms with Gasteiger partial charge in [-0.25, -0.2) is 0 Å². The first-order chi connectivity index (χ1) is 10.1. The molecule has 2 saturated heterocycles. The van der Waals surface area contributed by atoms with Crippen LogP contribution in [-0.2, 0) is 9.59 Å². The van der Waals surface area contributed by atoms with Crippen LogP contribution in [0.4, 0.5) is 5.69 Å². The molecule has 2 amide bonds. The van der Waals surface area contributed by atoms with E-state index in [0.717, 1.165) is 29.7 Å². The highest BCUT2D eigenvalue weighted by Crippen LogP contribution is 2.27. The van der Waals surface area contributed by atoms with Crippen molar-refractivity contribution >= 4 is 33.4 Å². The Labute approximate surface area is 132 Å². The monoisotopic (exact) mass is 351 g/mol. The molecule has 0 aromatic heterocycles. The molecule has 0 radical (unpaired) electrons. The number of hydrogen-bond donors (Lipinski definition) is 2. The summed E-state index contributed by atoms with van der Waals surface area (Å²) >= 11 is 3.41. The van der Waals surface area contributed by atoms with E-state index in [-0.39, 0.29) is 23.8 Å². The van der Waals surface area contributed by atoms with Gasteiger partial charge in [0.25, 0.3) is 0 Å². The molecule has 3 rings (SSSR count). The van der Waals surface area contributed by atoms with E-state index >= 15 is 0 Å². The molecular weight excluding hydrogens is 334 g/mol. The number of anilines is 1. The van der Waals surface area contributed by atoms with Gasteiger partial charge in [0, 0.05) is 35.7 Å². The van der Waals surface area contributed by atoms with Crippen molar-refractivity contribution in [3.05, 3.63) is 28.7 Å². The van der Waals surface area contributed by atoms with Gasteiger partial charge < -0.3 is 15.5 Å². The molecule has 2 N–H and O–H groups in total. The number of carbonyl (C=O) groups is 2. The van der Waals surface area contributed by atoms with Gasteiger partial charge in [0.05, 0.1) is 5.92 Å². The number of nitrogens with one attached hydrogen (secondary N) is 2. The van der Waals surface area contributed by atoms with E-state index in [4.69, 9.17) is 0 Å². The molecule has 0 aliphatic carbocycles. The van der Waals surface area contributed by atoms with Crippen LogP contribution in [0, 0.1) is 5.92 Å². The fourth-order valence-corrected chi connectivity index (χ4v) is 3.26. The normalized spacial score (nSPS) is 25.4. The lowest BCUT2D eigenvalue weighted by molar-refractivity contribution is -0.126. The summed E-state index contributed by atoms with van der Waals surface area (Å²) in [5.74, 6) is -0.246. The maximum absolute atomic E-state index is 12.3. The molecule has 2 atom stereocenters. The summed E-state index contributed by atoms with van der Waals surface area (Å²) in [6.45, 7) is 2.22. The fraction of sp³-hybridized carbons (Fsp3) is 0.467. The SMILES string of the molecule is O=C(NC1CCNC1)C1CC(=O)N(c2cccc(Br)c2)C1. The first-order valence-electron chi connectivity index (χ1n) is 7.20. The topological polar surface area (TPSA) is 61.4 Å². The van der Waals surface area contributed by atoms with Gasteiger partial charge in [0.15, 0.2) is 0 Å². The van der Waals surface area contributed by atoms with Crippen LogP contribution in [0.3, 0.4) is 0 Å². The van der Waals surface area contributed by atoms with Gasteiger partial charge in [-0.2, -0.15) is 0 Å². The van der Waals surface area contributed by atoms with Gasteiger partial charge in [0.2, 0.25) is 11.8 Å². The highest BCUT2D eigenvalue weighted by atomic mass is 79.9. The number of amides is 2. The molecule has 6 heteroatoms. The maximum atomic E-state index is 12.3. The van der Waals surface area contributed by atoms with Crippen LogP contribution in [0.5, 0.6) is 0 Å². The number of halogens is 1. The van der Waals surface area contributed by atoms with Crippen molar-refractivity contribution in [3.63, 3.8) is 0 Å². The average Bonchev–Trinajstić information content (AvgIpc) is 3.08. The lowest BCUT2D eigenvalue weighted by Crippen LogP contribution is -2.40. The van der Waals surface area contributed by atoms with Crippen molar-refractivity contribution in [2.45, 2.75) is 18.9 Å². The number of rotatable bonds is 3. The highest BCUT2D eigenvalue weighted by molar-refractivity contribution is 9.10. The van der Waals surface area contributed by atoms with E-state index < -0.39 is 0 Å². The zero-order valence-corrected chi connectivity index (χ0v) is 13.2. The fourth-order valence-electron chi connectivity index (χ4n) is 2.87. The first-order valence-corrected chi connectivity index (χ1v) is 8.00. The van der Waals surface area contributed by atoms with E-state index in [0.29, 0.717) is 13.0 Å². The molecule has 1 aromatic carbocycles. The summed E-state index contributed by atoms with van der Waals surface area (Å²) in [5.41, 5.74) is 0.840. The number of carbonyl (C=O) groups excluding carboxylic acids is 2. The van der Waals surface area contributed by atoms with Crippen LogP contribution < -0.4 is 15.5 Å². The van der Waals surface area contributed by atoms with E-state index in [9.17, 15) is 9.59 Å². The Morgan fingerprint density at radius 1 is 1.43 bits per heavy atom. The van der Waals surface area contributed by atoms with Crippen molar-refractivity contribution in [1.29, 1.82) is 0 Å². The van der Waals surface area contributed by atoms with Crippen molar-refractivity contribution in [2.24, 2.45) is 5.92 Å². The van der Waals surface area contributed by atoms with Gasteiger partial charge >= 0.3 is 0 Å². The molecule has 0 bridgehead atoms. The Kier molecular flexibility index (Phi) is 4.26. The van der Waals surface area contributed by atoms with Crippen molar-refractivity contribution < 1.29 is 9.59 Å². The zero-order chi connectivity index (χ0) is 14.8. The molecule has 5 nitrogen and oxygen atoms in total. The minimum Gasteiger partial charge on any atom is -0.352 e. The molecule has 112 valence electrons. The van der Waals surface area contributed by atoms with Crippen molar-refractivity contribution in [3.8, 4) is 0 Å². The Hall–Kier alpha value is -1.40. The first kappa shape index (κ1) is 14.5. The van der Waals surface area contributed by atoms with Gasteiger partial charge in [-0.15, -0.1) is 0 Å². The predicted octanol–water partition coefficient (Wildman–Crippen LogP) is 1.28. The Morgan fingerprint density at radius 2 is 2.29 bits per heavy atom. The molecule has 2 heterocycles. The average molecular weight is 352 g/mol. The summed E-state index contributed by atoms with van der Waals surface area (Å²) in [4.78, 5) is 26.1. The Balaban J connectivity index is 1.65. The van der Waals surface area contributed by atoms with Crippen LogP contribution in [-0.4, -0.2) is 37.5 Å². The molecule has 21 heavy (non-hydrogen) atoms. The molecule has 0 saturated carbocycles.